The lowest BCUT2D eigenvalue weighted by molar-refractivity contribution is -0.182. The number of nitrogens with zero attached hydrogens (tertiary/aromatic N) is 2. The number of amides is 2. The molecular weight excluding hydrogens is 534 g/mol. The number of morpholine rings is 1. The SMILES string of the molecule is BC(B)(Oc1cccc(C=O)c1CN(C)C1(B)CCC(=O)NC1=O)c1cc(CN2CC(C)(C)OC(C)(C)C2)ccc1F. The zero-order chi connectivity index (χ0) is 31.1. The molecule has 222 valence electrons. The van der Waals surface area contributed by atoms with Crippen LogP contribution in [0, 0.1) is 5.82 Å². The Kier molecular flexibility index (Phi) is 8.85. The molecule has 0 bridgehead atoms. The van der Waals surface area contributed by atoms with Crippen LogP contribution in [0.3, 0.4) is 0 Å². The molecule has 0 aliphatic carbocycles. The average molecular weight is 575 g/mol. The summed E-state index contributed by atoms with van der Waals surface area (Å²) in [5.74, 6) is -0.629. The second kappa shape index (κ2) is 11.6. The van der Waals surface area contributed by atoms with Crippen molar-refractivity contribution in [3.63, 3.8) is 0 Å². The maximum absolute atomic E-state index is 15.4. The van der Waals surface area contributed by atoms with Crippen LogP contribution in [-0.4, -0.2) is 88.2 Å². The van der Waals surface area contributed by atoms with Crippen LogP contribution in [0.2, 0.25) is 0 Å². The van der Waals surface area contributed by atoms with Crippen LogP contribution >= 0.6 is 0 Å². The van der Waals surface area contributed by atoms with Crippen LogP contribution in [0.25, 0.3) is 0 Å². The Balaban J connectivity index is 1.60. The van der Waals surface area contributed by atoms with Gasteiger partial charge in [0.1, 0.15) is 19.4 Å². The van der Waals surface area contributed by atoms with E-state index in [0.717, 1.165) is 24.9 Å². The smallest absolute Gasteiger partial charge is 0.238 e. The fraction of sp³-hybridized carbons (Fsp3) is 0.500. The zero-order valence-electron chi connectivity index (χ0n) is 26.1. The average Bonchev–Trinajstić information content (AvgIpc) is 2.86. The lowest BCUT2D eigenvalue weighted by Crippen LogP contribution is -2.62. The van der Waals surface area contributed by atoms with Gasteiger partial charge in [-0.25, -0.2) is 4.39 Å². The third-order valence-electron chi connectivity index (χ3n) is 8.33. The third-order valence-corrected chi connectivity index (χ3v) is 8.33. The predicted molar refractivity (Wildman–Crippen MR) is 167 cm³/mol. The first-order valence-electron chi connectivity index (χ1n) is 14.5. The Hall–Kier alpha value is -2.95. The van der Waals surface area contributed by atoms with Gasteiger partial charge in [0.05, 0.1) is 22.0 Å². The highest BCUT2D eigenvalue weighted by Gasteiger charge is 2.42. The molecule has 2 fully saturated rings. The van der Waals surface area contributed by atoms with Gasteiger partial charge in [0.15, 0.2) is 22.0 Å². The van der Waals surface area contributed by atoms with Crippen molar-refractivity contribution in [1.82, 2.24) is 15.1 Å². The maximum Gasteiger partial charge on any atom is 0.238 e. The van der Waals surface area contributed by atoms with Crippen LogP contribution < -0.4 is 10.1 Å². The number of carbonyl (C=O) groups excluding carboxylic acids is 3. The number of piperidine rings is 1. The van der Waals surface area contributed by atoms with Gasteiger partial charge in [0.2, 0.25) is 11.8 Å². The second-order valence-corrected chi connectivity index (χ2v) is 13.6. The number of carbonyl (C=O) groups is 3. The van der Waals surface area contributed by atoms with E-state index < -0.39 is 10.8 Å². The molecule has 2 heterocycles. The van der Waals surface area contributed by atoms with Gasteiger partial charge in [-0.05, 0) is 64.9 Å². The fourth-order valence-corrected chi connectivity index (χ4v) is 6.31. The summed E-state index contributed by atoms with van der Waals surface area (Å²) in [6.45, 7) is 10.7. The number of hydrogen-bond donors (Lipinski definition) is 1. The molecule has 8 nitrogen and oxygen atoms in total. The number of benzene rings is 2. The van der Waals surface area contributed by atoms with Crippen LogP contribution in [0.1, 0.15) is 67.6 Å². The van der Waals surface area contributed by atoms with E-state index in [9.17, 15) is 14.4 Å². The summed E-state index contributed by atoms with van der Waals surface area (Å²) in [5, 5.41) is 1.33. The van der Waals surface area contributed by atoms with E-state index in [1.807, 2.05) is 11.0 Å². The van der Waals surface area contributed by atoms with Crippen LogP contribution in [0.5, 0.6) is 5.75 Å². The molecule has 2 amide bonds. The van der Waals surface area contributed by atoms with Crippen molar-refractivity contribution in [3.8, 4) is 5.75 Å². The molecule has 2 aliphatic heterocycles. The van der Waals surface area contributed by atoms with E-state index in [1.165, 1.54) is 6.07 Å². The molecule has 0 radical (unpaired) electrons. The zero-order valence-corrected chi connectivity index (χ0v) is 26.1. The normalized spacial score (nSPS) is 22.5. The number of likely N-dealkylation sites (N-methyl/N-ethyl adjacent to an activating group) is 1. The number of rotatable bonds is 9. The van der Waals surface area contributed by atoms with E-state index in [0.29, 0.717) is 35.4 Å². The van der Waals surface area contributed by atoms with E-state index in [4.69, 9.17) is 9.47 Å². The molecule has 1 atom stereocenters. The van der Waals surface area contributed by atoms with E-state index in [2.05, 4.69) is 37.9 Å². The first-order valence-corrected chi connectivity index (χ1v) is 14.5. The second-order valence-electron chi connectivity index (χ2n) is 13.6. The molecule has 2 aliphatic rings. The van der Waals surface area contributed by atoms with E-state index in [-0.39, 0.29) is 41.8 Å². The molecule has 12 heteroatoms. The predicted octanol–water partition coefficient (Wildman–Crippen LogP) is 0.681. The molecule has 2 aromatic carbocycles. The van der Waals surface area contributed by atoms with Gasteiger partial charge in [0, 0.05) is 49.3 Å². The highest BCUT2D eigenvalue weighted by Crippen LogP contribution is 2.34. The minimum Gasteiger partial charge on any atom is -0.501 e. The van der Waals surface area contributed by atoms with Gasteiger partial charge in [-0.2, -0.15) is 0 Å². The summed E-state index contributed by atoms with van der Waals surface area (Å²) in [7, 11) is 7.17. The molecule has 42 heavy (non-hydrogen) atoms. The minimum atomic E-state index is -1.09. The number of hydrogen-bond acceptors (Lipinski definition) is 7. The summed E-state index contributed by atoms with van der Waals surface area (Å²) < 4.78 is 28.1. The van der Waals surface area contributed by atoms with Crippen molar-refractivity contribution >= 4 is 41.6 Å². The van der Waals surface area contributed by atoms with Gasteiger partial charge < -0.3 is 9.47 Å². The molecular formula is C30H41B3FN3O5. The van der Waals surface area contributed by atoms with Crippen molar-refractivity contribution in [2.24, 2.45) is 0 Å². The third kappa shape index (κ3) is 6.98. The van der Waals surface area contributed by atoms with Crippen molar-refractivity contribution in [2.45, 2.75) is 75.7 Å². The summed E-state index contributed by atoms with van der Waals surface area (Å²) in [5.41, 5.74) is 0.820. The van der Waals surface area contributed by atoms with Crippen LogP contribution in [0.15, 0.2) is 36.4 Å². The Morgan fingerprint density at radius 3 is 2.43 bits per heavy atom. The largest absolute Gasteiger partial charge is 0.501 e. The number of ether oxygens (including phenoxy) is 2. The quantitative estimate of drug-likeness (QED) is 0.268. The van der Waals surface area contributed by atoms with Gasteiger partial charge in [-0.1, -0.05) is 18.2 Å². The Bertz CT molecular complexity index is 1370. The Morgan fingerprint density at radius 1 is 1.14 bits per heavy atom. The van der Waals surface area contributed by atoms with Crippen molar-refractivity contribution < 1.29 is 28.2 Å². The summed E-state index contributed by atoms with van der Waals surface area (Å²) in [4.78, 5) is 40.7. The Labute approximate surface area is 250 Å². The van der Waals surface area contributed by atoms with Crippen molar-refractivity contribution in [3.05, 3.63) is 64.5 Å². The number of aldehydes is 1. The van der Waals surface area contributed by atoms with E-state index in [1.54, 1.807) is 54.9 Å². The molecule has 1 unspecified atom stereocenters. The topological polar surface area (TPSA) is 88.2 Å². The number of imide groups is 1. The first kappa shape index (κ1) is 32.0. The number of nitrogens with one attached hydrogen (secondary N) is 1. The summed E-state index contributed by atoms with van der Waals surface area (Å²) in [6, 6.07) is 10.3. The molecule has 2 aromatic rings. The number of halogens is 1. The van der Waals surface area contributed by atoms with Gasteiger partial charge in [0.25, 0.3) is 0 Å². The van der Waals surface area contributed by atoms with Crippen LogP contribution in [-0.2, 0) is 32.8 Å². The monoisotopic (exact) mass is 575 g/mol. The summed E-state index contributed by atoms with van der Waals surface area (Å²) in [6.07, 6.45) is 1.34. The highest BCUT2D eigenvalue weighted by molar-refractivity contribution is 6.39. The summed E-state index contributed by atoms with van der Waals surface area (Å²) >= 11 is 0. The Morgan fingerprint density at radius 2 is 1.81 bits per heavy atom. The van der Waals surface area contributed by atoms with Crippen molar-refractivity contribution in [2.75, 3.05) is 20.1 Å². The van der Waals surface area contributed by atoms with E-state index >= 15 is 4.39 Å². The molecule has 0 aromatic heterocycles. The first-order chi connectivity index (χ1) is 19.4. The molecule has 1 N–H and O–H groups in total. The maximum atomic E-state index is 15.4. The lowest BCUT2D eigenvalue weighted by Gasteiger charge is -2.47. The fourth-order valence-electron chi connectivity index (χ4n) is 6.31. The van der Waals surface area contributed by atoms with Gasteiger partial charge in [-0.3, -0.25) is 29.5 Å². The molecule has 4 rings (SSSR count). The standard InChI is InChI=1S/C30H41B3FN3O5/c1-27(2)17-37(18-28(3,4)42-27)14-19-9-10-23(34)22(13-19)30(32,33)41-24-8-6-7-20(16-38)21(24)15-36(5)29(31)12-11-25(39)35-26(29)40/h6-10,13,16H,11-12,14-15,17-18,31-33H2,1-5H3,(H,35,39,40). The molecule has 2 saturated heterocycles. The van der Waals surface area contributed by atoms with Crippen molar-refractivity contribution in [1.29, 1.82) is 0 Å². The van der Waals surface area contributed by atoms with Gasteiger partial charge in [-0.15, -0.1) is 0 Å². The molecule has 0 spiro atoms. The highest BCUT2D eigenvalue weighted by atomic mass is 19.1. The van der Waals surface area contributed by atoms with Gasteiger partial charge >= 0.3 is 0 Å². The van der Waals surface area contributed by atoms with Crippen LogP contribution in [0.4, 0.5) is 4.39 Å². The lowest BCUT2D eigenvalue weighted by atomic mass is 9.60. The minimum absolute atomic E-state index is 0.212. The molecule has 0 saturated carbocycles.